The molecule has 0 aliphatic heterocycles. The van der Waals surface area contributed by atoms with Crippen LogP contribution in [0.3, 0.4) is 0 Å². The third-order valence-electron chi connectivity index (χ3n) is 9.43. The average molecular weight is 634 g/mol. The fourth-order valence-electron chi connectivity index (χ4n) is 7.23. The van der Waals surface area contributed by atoms with Crippen LogP contribution in [0.15, 0.2) is 143 Å². The molecule has 0 radical (unpaired) electrons. The molecule has 7 nitrogen and oxygen atoms in total. The number of hydrogen-bond acceptors (Lipinski definition) is 5. The van der Waals surface area contributed by atoms with Crippen molar-refractivity contribution in [3.05, 3.63) is 146 Å². The number of imidazole rings is 2. The Bertz CT molecular complexity index is 2990. The summed E-state index contributed by atoms with van der Waals surface area (Å²) in [5.41, 5.74) is 18.5. The van der Waals surface area contributed by atoms with Gasteiger partial charge in [0.25, 0.3) is 0 Å². The second-order valence-electron chi connectivity index (χ2n) is 12.2. The number of furan rings is 2. The van der Waals surface area contributed by atoms with Gasteiger partial charge in [0.1, 0.15) is 16.9 Å². The molecule has 0 aliphatic carbocycles. The first-order valence-corrected chi connectivity index (χ1v) is 16.0. The van der Waals surface area contributed by atoms with Gasteiger partial charge in [-0.25, -0.2) is 4.98 Å². The Labute approximate surface area is 279 Å². The van der Waals surface area contributed by atoms with E-state index in [0.717, 1.165) is 94.3 Å². The van der Waals surface area contributed by atoms with E-state index in [1.807, 2.05) is 30.3 Å². The highest BCUT2D eigenvalue weighted by Gasteiger charge is 2.19. The quantitative estimate of drug-likeness (QED) is 0.204. The van der Waals surface area contributed by atoms with Crippen LogP contribution in [0.5, 0.6) is 0 Å². The summed E-state index contributed by atoms with van der Waals surface area (Å²) in [6.45, 7) is 3.95. The molecule has 232 valence electrons. The monoisotopic (exact) mass is 633 g/mol. The Morgan fingerprint density at radius 3 is 2.14 bits per heavy atom. The lowest BCUT2D eigenvalue weighted by atomic mass is 9.95. The molecule has 0 amide bonds. The zero-order valence-electron chi connectivity index (χ0n) is 26.2. The zero-order chi connectivity index (χ0) is 32.6. The van der Waals surface area contributed by atoms with Crippen LogP contribution < -0.4 is 5.73 Å². The van der Waals surface area contributed by atoms with Gasteiger partial charge in [0, 0.05) is 27.9 Å². The molecule has 7 heteroatoms. The minimum absolute atomic E-state index is 0.687. The van der Waals surface area contributed by atoms with Gasteiger partial charge in [0.15, 0.2) is 5.58 Å². The maximum absolute atomic E-state index is 6.12. The van der Waals surface area contributed by atoms with Gasteiger partial charge in [-0.1, -0.05) is 43.0 Å². The molecule has 49 heavy (non-hydrogen) atoms. The standard InChI is InChI=1S/C42H27N5O2/c1-2-38-30(15-17-43)32-22-25(11-13-39(32)48-38)27-19-28(26-12-14-40-33(23-26)31-16-18-44-24-41(31)49-40)21-29(20-27)46-36-9-5-6-10-37(36)47-35-8-4-3-7-34(35)45-42(46)47/h2-24H,1,43H2/b17-15-. The van der Waals surface area contributed by atoms with Gasteiger partial charge in [-0.2, -0.15) is 0 Å². The number of nitrogens with two attached hydrogens (primary N) is 1. The van der Waals surface area contributed by atoms with Crippen LogP contribution in [0.1, 0.15) is 11.3 Å². The van der Waals surface area contributed by atoms with E-state index in [0.29, 0.717) is 5.76 Å². The summed E-state index contributed by atoms with van der Waals surface area (Å²) in [4.78, 5) is 9.41. The molecule has 10 rings (SSSR count). The minimum atomic E-state index is 0.687. The van der Waals surface area contributed by atoms with Crippen molar-refractivity contribution in [1.82, 2.24) is 18.9 Å². The molecule has 5 heterocycles. The average Bonchev–Trinajstić information content (AvgIpc) is 3.89. The smallest absolute Gasteiger partial charge is 0.220 e. The third kappa shape index (κ3) is 4.02. The second-order valence-corrected chi connectivity index (χ2v) is 12.2. The van der Waals surface area contributed by atoms with Crippen molar-refractivity contribution in [1.29, 1.82) is 0 Å². The van der Waals surface area contributed by atoms with E-state index in [1.165, 1.54) is 6.20 Å². The molecule has 2 N–H and O–H groups in total. The Hall–Kier alpha value is -6.86. The second kappa shape index (κ2) is 10.3. The van der Waals surface area contributed by atoms with Crippen LogP contribution in [-0.2, 0) is 0 Å². The summed E-state index contributed by atoms with van der Waals surface area (Å²) in [7, 11) is 0. The van der Waals surface area contributed by atoms with E-state index in [1.54, 1.807) is 18.5 Å². The largest absolute Gasteiger partial charge is 0.456 e. The fourth-order valence-corrected chi connectivity index (χ4v) is 7.23. The van der Waals surface area contributed by atoms with E-state index in [4.69, 9.17) is 19.6 Å². The third-order valence-corrected chi connectivity index (χ3v) is 9.43. The van der Waals surface area contributed by atoms with Crippen LogP contribution in [-0.4, -0.2) is 18.9 Å². The topological polar surface area (TPSA) is 87.4 Å². The van der Waals surface area contributed by atoms with Crippen molar-refractivity contribution >= 4 is 72.9 Å². The molecule has 10 aromatic rings. The number of nitrogens with zero attached hydrogens (tertiary/aromatic N) is 4. The lowest BCUT2D eigenvalue weighted by Crippen LogP contribution is -1.97. The van der Waals surface area contributed by atoms with Crippen molar-refractivity contribution in [2.75, 3.05) is 0 Å². The van der Waals surface area contributed by atoms with Gasteiger partial charge in [0.2, 0.25) is 5.78 Å². The van der Waals surface area contributed by atoms with Crippen LogP contribution in [0.2, 0.25) is 0 Å². The number of hydrogen-bond donors (Lipinski definition) is 1. The maximum Gasteiger partial charge on any atom is 0.220 e. The molecule has 0 unspecified atom stereocenters. The van der Waals surface area contributed by atoms with E-state index in [2.05, 4.69) is 105 Å². The highest BCUT2D eigenvalue weighted by atomic mass is 16.3. The predicted octanol–water partition coefficient (Wildman–Crippen LogP) is 10.4. The first-order valence-electron chi connectivity index (χ1n) is 16.0. The summed E-state index contributed by atoms with van der Waals surface area (Å²) in [5.74, 6) is 1.54. The summed E-state index contributed by atoms with van der Waals surface area (Å²) >= 11 is 0. The fraction of sp³-hybridized carbons (Fsp3) is 0. The van der Waals surface area contributed by atoms with Crippen LogP contribution in [0.4, 0.5) is 0 Å². The summed E-state index contributed by atoms with van der Waals surface area (Å²) < 4.78 is 16.7. The molecule has 0 saturated carbocycles. The van der Waals surface area contributed by atoms with Crippen molar-refractivity contribution in [2.45, 2.75) is 0 Å². The van der Waals surface area contributed by atoms with E-state index in [9.17, 15) is 0 Å². The molecule has 0 aliphatic rings. The van der Waals surface area contributed by atoms with Gasteiger partial charge < -0.3 is 14.6 Å². The number of pyridine rings is 1. The van der Waals surface area contributed by atoms with Crippen molar-refractivity contribution in [3.63, 3.8) is 0 Å². The van der Waals surface area contributed by atoms with E-state index < -0.39 is 0 Å². The number of rotatable bonds is 5. The minimum Gasteiger partial charge on any atom is -0.456 e. The van der Waals surface area contributed by atoms with Crippen LogP contribution in [0, 0.1) is 0 Å². The zero-order valence-corrected chi connectivity index (χ0v) is 26.2. The Morgan fingerprint density at radius 1 is 0.653 bits per heavy atom. The SMILES string of the molecule is C=Cc1oc2ccc(-c3cc(-c4ccc5oc6cnccc6c5c4)cc(-n4c5ccccc5n5c6ccccc6nc45)c3)cc2c1/C=C\N. The number of benzene rings is 5. The highest BCUT2D eigenvalue weighted by Crippen LogP contribution is 2.38. The molecular formula is C42H27N5O2. The first kappa shape index (κ1) is 27.3. The Kier molecular flexibility index (Phi) is 5.74. The molecule has 5 aromatic heterocycles. The van der Waals surface area contributed by atoms with Crippen LogP contribution >= 0.6 is 0 Å². The first-order chi connectivity index (χ1) is 24.2. The predicted molar refractivity (Wildman–Crippen MR) is 199 cm³/mol. The number of fused-ring (bicyclic) bond motifs is 9. The molecular weight excluding hydrogens is 606 g/mol. The highest BCUT2D eigenvalue weighted by molar-refractivity contribution is 6.06. The lowest BCUT2D eigenvalue weighted by molar-refractivity contribution is 0.603. The Morgan fingerprint density at radius 2 is 1.37 bits per heavy atom. The molecule has 0 fully saturated rings. The molecule has 5 aromatic carbocycles. The molecule has 0 spiro atoms. The van der Waals surface area contributed by atoms with Gasteiger partial charge in [-0.3, -0.25) is 14.0 Å². The number of para-hydroxylation sites is 4. The lowest BCUT2D eigenvalue weighted by Gasteiger charge is -2.13. The van der Waals surface area contributed by atoms with Gasteiger partial charge >= 0.3 is 0 Å². The normalized spacial score (nSPS) is 12.2. The summed E-state index contributed by atoms with van der Waals surface area (Å²) in [6.07, 6.45) is 8.68. The van der Waals surface area contributed by atoms with Crippen molar-refractivity contribution < 1.29 is 8.83 Å². The molecule has 0 atom stereocenters. The van der Waals surface area contributed by atoms with E-state index in [-0.39, 0.29) is 0 Å². The van der Waals surface area contributed by atoms with Gasteiger partial charge in [-0.05, 0) is 113 Å². The summed E-state index contributed by atoms with van der Waals surface area (Å²) in [6, 6.07) is 38.1. The molecule has 0 bridgehead atoms. The van der Waals surface area contributed by atoms with Crippen LogP contribution in [0.25, 0.3) is 101 Å². The van der Waals surface area contributed by atoms with Crippen molar-refractivity contribution in [2.24, 2.45) is 5.73 Å². The Balaban J connectivity index is 1.27. The number of aromatic nitrogens is 4. The summed E-state index contributed by atoms with van der Waals surface area (Å²) in [5, 5.41) is 3.05. The van der Waals surface area contributed by atoms with Gasteiger partial charge in [0.05, 0.1) is 34.0 Å². The van der Waals surface area contributed by atoms with E-state index >= 15 is 0 Å². The maximum atomic E-state index is 6.12. The van der Waals surface area contributed by atoms with Gasteiger partial charge in [-0.15, -0.1) is 0 Å². The molecule has 0 saturated heterocycles. The van der Waals surface area contributed by atoms with Crippen molar-refractivity contribution in [3.8, 4) is 27.9 Å².